The molecule has 1 aromatic rings. The maximum Gasteiger partial charge on any atom is 0.255 e. The van der Waals surface area contributed by atoms with Gasteiger partial charge in [-0.3, -0.25) is 4.79 Å². The van der Waals surface area contributed by atoms with Gasteiger partial charge in [-0.05, 0) is 31.5 Å². The van der Waals surface area contributed by atoms with Gasteiger partial charge in [0.25, 0.3) is 5.91 Å². The van der Waals surface area contributed by atoms with Crippen LogP contribution in [0.25, 0.3) is 0 Å². The molecule has 2 unspecified atom stereocenters. The molecule has 2 atom stereocenters. The molecule has 0 radical (unpaired) electrons. The molecule has 1 N–H and O–H groups in total. The molecule has 1 aromatic carbocycles. The average molecular weight is 303 g/mol. The Morgan fingerprint density at radius 1 is 1.48 bits per heavy atom. The fraction of sp³-hybridized carbons (Fsp3) is 0.471. The van der Waals surface area contributed by atoms with Crippen molar-refractivity contribution in [2.75, 3.05) is 18.9 Å². The maximum absolute atomic E-state index is 12.8. The molecule has 2 rings (SSSR count). The van der Waals surface area contributed by atoms with E-state index < -0.39 is 0 Å². The van der Waals surface area contributed by atoms with E-state index in [0.717, 1.165) is 17.9 Å². The highest BCUT2D eigenvalue weighted by molar-refractivity contribution is 8.00. The second-order valence-electron chi connectivity index (χ2n) is 5.32. The van der Waals surface area contributed by atoms with Crippen LogP contribution in [0.15, 0.2) is 18.2 Å². The van der Waals surface area contributed by atoms with Crippen molar-refractivity contribution in [3.8, 4) is 11.8 Å². The summed E-state index contributed by atoms with van der Waals surface area (Å²) in [5.41, 5.74) is 2.39. The summed E-state index contributed by atoms with van der Waals surface area (Å²) in [6, 6.07) is 5.90. The Bertz CT molecular complexity index is 588. The largest absolute Gasteiger partial charge is 0.384 e. The Hall–Kier alpha value is -1.44. The quantitative estimate of drug-likeness (QED) is 0.809. The summed E-state index contributed by atoms with van der Waals surface area (Å²) in [7, 11) is 0. The van der Waals surface area contributed by atoms with Crippen molar-refractivity contribution in [3.05, 3.63) is 34.9 Å². The number of hydrogen-bond donors (Lipinski definition) is 1. The number of carbonyl (C=O) groups is 1. The van der Waals surface area contributed by atoms with Crippen molar-refractivity contribution in [2.24, 2.45) is 0 Å². The summed E-state index contributed by atoms with van der Waals surface area (Å²) in [6.07, 6.45) is 0. The van der Waals surface area contributed by atoms with Crippen molar-refractivity contribution in [1.82, 2.24) is 4.90 Å². The predicted octanol–water partition coefficient (Wildman–Crippen LogP) is 2.30. The zero-order valence-electron chi connectivity index (χ0n) is 12.7. The lowest BCUT2D eigenvalue weighted by atomic mass is 10.0. The van der Waals surface area contributed by atoms with E-state index in [9.17, 15) is 4.79 Å². The minimum absolute atomic E-state index is 0.0388. The van der Waals surface area contributed by atoms with E-state index in [0.29, 0.717) is 16.4 Å². The number of aliphatic hydroxyl groups excluding tert-OH is 1. The maximum atomic E-state index is 12.8. The van der Waals surface area contributed by atoms with Gasteiger partial charge in [0.2, 0.25) is 0 Å². The number of nitrogens with zero attached hydrogens (tertiary/aromatic N) is 1. The van der Waals surface area contributed by atoms with E-state index >= 15 is 0 Å². The Labute approximate surface area is 130 Å². The molecule has 0 aromatic heterocycles. The highest BCUT2D eigenvalue weighted by atomic mass is 32.2. The summed E-state index contributed by atoms with van der Waals surface area (Å²) < 4.78 is 0. The summed E-state index contributed by atoms with van der Waals surface area (Å²) in [6.45, 7) is 6.81. The molecule has 3 nitrogen and oxygen atoms in total. The van der Waals surface area contributed by atoms with E-state index in [1.165, 1.54) is 0 Å². The lowest BCUT2D eigenvalue weighted by molar-refractivity contribution is 0.0698. The topological polar surface area (TPSA) is 40.5 Å². The summed E-state index contributed by atoms with van der Waals surface area (Å²) in [5, 5.41) is 9.32. The van der Waals surface area contributed by atoms with Gasteiger partial charge in [-0.1, -0.05) is 24.8 Å². The Balaban J connectivity index is 2.34. The van der Waals surface area contributed by atoms with Crippen LogP contribution in [0.5, 0.6) is 0 Å². The molecule has 112 valence electrons. The van der Waals surface area contributed by atoms with Crippen molar-refractivity contribution in [2.45, 2.75) is 32.1 Å². The van der Waals surface area contributed by atoms with Crippen LogP contribution in [0, 0.1) is 18.8 Å². The molecule has 1 aliphatic rings. The number of hydrogen-bond acceptors (Lipinski definition) is 3. The second-order valence-corrected chi connectivity index (χ2v) is 6.81. The smallest absolute Gasteiger partial charge is 0.255 e. The van der Waals surface area contributed by atoms with Crippen molar-refractivity contribution >= 4 is 17.7 Å². The van der Waals surface area contributed by atoms with Gasteiger partial charge in [-0.2, -0.15) is 11.8 Å². The van der Waals surface area contributed by atoms with Crippen molar-refractivity contribution in [1.29, 1.82) is 0 Å². The first-order chi connectivity index (χ1) is 10.0. The normalized spacial score (nSPS) is 21.6. The third-order valence-electron chi connectivity index (χ3n) is 3.85. The molecule has 1 aliphatic heterocycles. The first-order valence-corrected chi connectivity index (χ1v) is 8.22. The van der Waals surface area contributed by atoms with Crippen LogP contribution in [0.1, 0.15) is 35.3 Å². The van der Waals surface area contributed by atoms with Gasteiger partial charge in [-0.25, -0.2) is 0 Å². The van der Waals surface area contributed by atoms with Gasteiger partial charge in [0, 0.05) is 29.2 Å². The number of aryl methyl sites for hydroxylation is 1. The van der Waals surface area contributed by atoms with E-state index in [1.54, 1.807) is 0 Å². The molecule has 1 amide bonds. The molecule has 0 spiro atoms. The van der Waals surface area contributed by atoms with Crippen molar-refractivity contribution in [3.63, 3.8) is 0 Å². The monoisotopic (exact) mass is 303 g/mol. The SMILES string of the molecule is Cc1ccc(C(=O)N2CCSC(C)C2C)c(C#CCO)c1. The van der Waals surface area contributed by atoms with Gasteiger partial charge in [0.15, 0.2) is 0 Å². The molecule has 1 fully saturated rings. The van der Waals surface area contributed by atoms with Crippen LogP contribution in [0.3, 0.4) is 0 Å². The van der Waals surface area contributed by atoms with Gasteiger partial charge in [0.05, 0.1) is 5.56 Å². The highest BCUT2D eigenvalue weighted by Gasteiger charge is 2.30. The van der Waals surface area contributed by atoms with Crippen LogP contribution in [-0.4, -0.2) is 46.1 Å². The van der Waals surface area contributed by atoms with Gasteiger partial charge < -0.3 is 10.0 Å². The standard InChI is InChI=1S/C17H21NO2S/c1-12-6-7-16(15(11-12)5-4-9-19)17(20)18-8-10-21-14(3)13(18)2/h6-7,11,13-14,19H,8-10H2,1-3H3. The summed E-state index contributed by atoms with van der Waals surface area (Å²) in [5.74, 6) is 6.55. The van der Waals surface area contributed by atoms with Gasteiger partial charge in [0.1, 0.15) is 6.61 Å². The third-order valence-corrected chi connectivity index (χ3v) is 5.19. The minimum Gasteiger partial charge on any atom is -0.384 e. The Morgan fingerprint density at radius 3 is 2.95 bits per heavy atom. The zero-order chi connectivity index (χ0) is 15.4. The van der Waals surface area contributed by atoms with Crippen LogP contribution in [-0.2, 0) is 0 Å². The number of rotatable bonds is 1. The Kier molecular flexibility index (Phi) is 5.33. The first-order valence-electron chi connectivity index (χ1n) is 7.17. The lowest BCUT2D eigenvalue weighted by Crippen LogP contribution is -2.48. The minimum atomic E-state index is -0.199. The van der Waals surface area contributed by atoms with E-state index in [2.05, 4.69) is 25.7 Å². The molecule has 0 saturated carbocycles. The van der Waals surface area contributed by atoms with Gasteiger partial charge in [-0.15, -0.1) is 0 Å². The number of amides is 1. The lowest BCUT2D eigenvalue weighted by Gasteiger charge is -2.37. The van der Waals surface area contributed by atoms with Crippen LogP contribution < -0.4 is 0 Å². The van der Waals surface area contributed by atoms with E-state index in [1.807, 2.05) is 41.8 Å². The van der Waals surface area contributed by atoms with Crippen LogP contribution >= 0.6 is 11.8 Å². The molecular formula is C17H21NO2S. The summed E-state index contributed by atoms with van der Waals surface area (Å²) in [4.78, 5) is 14.8. The third kappa shape index (κ3) is 3.61. The van der Waals surface area contributed by atoms with Crippen LogP contribution in [0.2, 0.25) is 0 Å². The van der Waals surface area contributed by atoms with Crippen molar-refractivity contribution < 1.29 is 9.90 Å². The number of carbonyl (C=O) groups excluding carboxylic acids is 1. The number of aliphatic hydroxyl groups is 1. The number of benzene rings is 1. The molecule has 21 heavy (non-hydrogen) atoms. The molecule has 0 bridgehead atoms. The zero-order valence-corrected chi connectivity index (χ0v) is 13.5. The number of thioether (sulfide) groups is 1. The fourth-order valence-corrected chi connectivity index (χ4v) is 3.56. The molecule has 1 heterocycles. The molecule has 0 aliphatic carbocycles. The molecule has 1 saturated heterocycles. The Morgan fingerprint density at radius 2 is 2.24 bits per heavy atom. The van der Waals surface area contributed by atoms with E-state index in [-0.39, 0.29) is 18.6 Å². The average Bonchev–Trinajstić information content (AvgIpc) is 2.47. The fourth-order valence-electron chi connectivity index (χ4n) is 2.46. The predicted molar refractivity (Wildman–Crippen MR) is 87.6 cm³/mol. The van der Waals surface area contributed by atoms with Gasteiger partial charge >= 0.3 is 0 Å². The van der Waals surface area contributed by atoms with E-state index in [4.69, 9.17) is 5.11 Å². The first kappa shape index (κ1) is 15.9. The molecular weight excluding hydrogens is 282 g/mol. The second kappa shape index (κ2) is 7.02. The highest BCUT2D eigenvalue weighted by Crippen LogP contribution is 2.26. The van der Waals surface area contributed by atoms with Crippen LogP contribution in [0.4, 0.5) is 0 Å². The summed E-state index contributed by atoms with van der Waals surface area (Å²) >= 11 is 1.91. The molecule has 4 heteroatoms.